The third kappa shape index (κ3) is 5.85. The van der Waals surface area contributed by atoms with E-state index >= 15 is 0 Å². The van der Waals surface area contributed by atoms with Crippen molar-refractivity contribution in [1.82, 2.24) is 5.32 Å². The Morgan fingerprint density at radius 2 is 1.70 bits per heavy atom. The quantitative estimate of drug-likeness (QED) is 0.638. The standard InChI is InChI=1S/C25H32N2O3/c1-3-18-14-16-20(17-15-18)30-23(4-2)25(29)27-22-13-9-8-12-21(22)24(28)26-19-10-6-5-7-11-19/h8-9,12-17,19,23H,3-7,10-11H2,1-2H3,(H,26,28)(H,27,29)/t23-/m0/s1. The predicted molar refractivity (Wildman–Crippen MR) is 120 cm³/mol. The average Bonchev–Trinajstić information content (AvgIpc) is 2.78. The number of anilines is 1. The first-order valence-corrected chi connectivity index (χ1v) is 11.1. The summed E-state index contributed by atoms with van der Waals surface area (Å²) in [6.07, 6.45) is 6.42. The van der Waals surface area contributed by atoms with Crippen LogP contribution in [-0.4, -0.2) is 24.0 Å². The highest BCUT2D eigenvalue weighted by Gasteiger charge is 2.22. The van der Waals surface area contributed by atoms with Crippen molar-refractivity contribution in [3.05, 3.63) is 59.7 Å². The zero-order chi connectivity index (χ0) is 21.3. The molecule has 0 heterocycles. The molecule has 2 amide bonds. The number of para-hydroxylation sites is 1. The van der Waals surface area contributed by atoms with Gasteiger partial charge in [-0.05, 0) is 55.5 Å². The van der Waals surface area contributed by atoms with Crippen LogP contribution >= 0.6 is 0 Å². The van der Waals surface area contributed by atoms with Crippen molar-refractivity contribution in [1.29, 1.82) is 0 Å². The number of carbonyl (C=O) groups excluding carboxylic acids is 2. The van der Waals surface area contributed by atoms with E-state index in [1.165, 1.54) is 12.0 Å². The number of ether oxygens (including phenoxy) is 1. The second-order valence-corrected chi connectivity index (χ2v) is 7.86. The van der Waals surface area contributed by atoms with Crippen molar-refractivity contribution >= 4 is 17.5 Å². The number of hydrogen-bond donors (Lipinski definition) is 2. The van der Waals surface area contributed by atoms with Gasteiger partial charge in [-0.1, -0.05) is 57.4 Å². The van der Waals surface area contributed by atoms with E-state index in [4.69, 9.17) is 4.74 Å². The third-order valence-corrected chi connectivity index (χ3v) is 5.64. The number of amides is 2. The van der Waals surface area contributed by atoms with Gasteiger partial charge in [0.2, 0.25) is 0 Å². The molecule has 1 saturated carbocycles. The fourth-order valence-electron chi connectivity index (χ4n) is 3.80. The zero-order valence-electron chi connectivity index (χ0n) is 17.9. The van der Waals surface area contributed by atoms with Crippen LogP contribution in [0.15, 0.2) is 48.5 Å². The van der Waals surface area contributed by atoms with Crippen molar-refractivity contribution in [3.8, 4) is 5.75 Å². The summed E-state index contributed by atoms with van der Waals surface area (Å²) in [7, 11) is 0. The van der Waals surface area contributed by atoms with Crippen LogP contribution in [0.4, 0.5) is 5.69 Å². The van der Waals surface area contributed by atoms with E-state index in [0.29, 0.717) is 23.4 Å². The maximum atomic E-state index is 12.9. The molecule has 5 heteroatoms. The van der Waals surface area contributed by atoms with Gasteiger partial charge < -0.3 is 15.4 Å². The summed E-state index contributed by atoms with van der Waals surface area (Å²) in [5.41, 5.74) is 2.22. The highest BCUT2D eigenvalue weighted by molar-refractivity contribution is 6.04. The SMILES string of the molecule is CCc1ccc(O[C@@H](CC)C(=O)Nc2ccccc2C(=O)NC2CCCCC2)cc1. The highest BCUT2D eigenvalue weighted by atomic mass is 16.5. The van der Waals surface area contributed by atoms with Crippen molar-refractivity contribution in [2.75, 3.05) is 5.32 Å². The van der Waals surface area contributed by atoms with Gasteiger partial charge in [-0.15, -0.1) is 0 Å². The van der Waals surface area contributed by atoms with Crippen LogP contribution in [0, 0.1) is 0 Å². The molecular formula is C25H32N2O3. The largest absolute Gasteiger partial charge is 0.481 e. The number of aryl methyl sites for hydroxylation is 1. The Morgan fingerprint density at radius 1 is 1.00 bits per heavy atom. The minimum Gasteiger partial charge on any atom is -0.481 e. The van der Waals surface area contributed by atoms with Crippen LogP contribution in [0.2, 0.25) is 0 Å². The minimum atomic E-state index is -0.632. The molecule has 1 aliphatic carbocycles. The number of benzene rings is 2. The summed E-state index contributed by atoms with van der Waals surface area (Å²) >= 11 is 0. The molecule has 1 atom stereocenters. The molecule has 0 aromatic heterocycles. The number of rotatable bonds is 8. The van der Waals surface area contributed by atoms with E-state index in [0.717, 1.165) is 32.1 Å². The Bertz CT molecular complexity index is 842. The normalized spacial score (nSPS) is 15.3. The van der Waals surface area contributed by atoms with Gasteiger partial charge in [0.25, 0.3) is 11.8 Å². The Balaban J connectivity index is 1.66. The second kappa shape index (κ2) is 10.8. The van der Waals surface area contributed by atoms with Crippen molar-refractivity contribution in [3.63, 3.8) is 0 Å². The number of nitrogens with one attached hydrogen (secondary N) is 2. The molecule has 2 N–H and O–H groups in total. The topological polar surface area (TPSA) is 67.4 Å². The molecule has 5 nitrogen and oxygen atoms in total. The minimum absolute atomic E-state index is 0.137. The molecule has 0 unspecified atom stereocenters. The van der Waals surface area contributed by atoms with Gasteiger partial charge in [0.05, 0.1) is 11.3 Å². The zero-order valence-corrected chi connectivity index (χ0v) is 17.9. The van der Waals surface area contributed by atoms with Gasteiger partial charge in [0, 0.05) is 6.04 Å². The molecular weight excluding hydrogens is 376 g/mol. The fraction of sp³-hybridized carbons (Fsp3) is 0.440. The van der Waals surface area contributed by atoms with Crippen molar-refractivity contribution in [2.24, 2.45) is 0 Å². The summed E-state index contributed by atoms with van der Waals surface area (Å²) in [6.45, 7) is 4.01. The van der Waals surface area contributed by atoms with Crippen LogP contribution in [0.1, 0.15) is 68.3 Å². The Hall–Kier alpha value is -2.82. The molecule has 0 bridgehead atoms. The van der Waals surface area contributed by atoms with Gasteiger partial charge in [-0.2, -0.15) is 0 Å². The molecule has 0 spiro atoms. The molecule has 1 fully saturated rings. The lowest BCUT2D eigenvalue weighted by atomic mass is 9.95. The monoisotopic (exact) mass is 408 g/mol. The molecule has 160 valence electrons. The van der Waals surface area contributed by atoms with Crippen LogP contribution in [0.25, 0.3) is 0 Å². The summed E-state index contributed by atoms with van der Waals surface area (Å²) in [5.74, 6) is 0.273. The summed E-state index contributed by atoms with van der Waals surface area (Å²) in [5, 5.41) is 6.02. The first-order valence-electron chi connectivity index (χ1n) is 11.1. The Kier molecular flexibility index (Phi) is 7.89. The lowest BCUT2D eigenvalue weighted by molar-refractivity contribution is -0.122. The summed E-state index contributed by atoms with van der Waals surface area (Å²) < 4.78 is 5.91. The number of carbonyl (C=O) groups is 2. The van der Waals surface area contributed by atoms with Crippen molar-refractivity contribution in [2.45, 2.75) is 70.9 Å². The third-order valence-electron chi connectivity index (χ3n) is 5.64. The lowest BCUT2D eigenvalue weighted by Gasteiger charge is -2.23. The van der Waals surface area contributed by atoms with E-state index in [9.17, 15) is 9.59 Å². The van der Waals surface area contributed by atoms with Gasteiger partial charge in [-0.3, -0.25) is 9.59 Å². The maximum absolute atomic E-state index is 12.9. The summed E-state index contributed by atoms with van der Waals surface area (Å²) in [6, 6.07) is 15.1. The molecule has 0 aliphatic heterocycles. The van der Waals surface area contributed by atoms with E-state index in [1.807, 2.05) is 43.3 Å². The average molecular weight is 409 g/mol. The van der Waals surface area contributed by atoms with Gasteiger partial charge >= 0.3 is 0 Å². The first kappa shape index (κ1) is 21.9. The molecule has 0 radical (unpaired) electrons. The van der Waals surface area contributed by atoms with Crippen LogP contribution < -0.4 is 15.4 Å². The molecule has 1 aliphatic rings. The lowest BCUT2D eigenvalue weighted by Crippen LogP contribution is -2.37. The molecule has 30 heavy (non-hydrogen) atoms. The maximum Gasteiger partial charge on any atom is 0.265 e. The summed E-state index contributed by atoms with van der Waals surface area (Å²) in [4.78, 5) is 25.7. The predicted octanol–water partition coefficient (Wildman–Crippen LogP) is 5.11. The first-order chi connectivity index (χ1) is 14.6. The van der Waals surface area contributed by atoms with Crippen LogP contribution in [0.5, 0.6) is 5.75 Å². The Morgan fingerprint density at radius 3 is 2.37 bits per heavy atom. The second-order valence-electron chi connectivity index (χ2n) is 7.86. The molecule has 2 aromatic carbocycles. The van der Waals surface area contributed by atoms with Crippen LogP contribution in [0.3, 0.4) is 0 Å². The smallest absolute Gasteiger partial charge is 0.265 e. The van der Waals surface area contributed by atoms with E-state index in [2.05, 4.69) is 17.6 Å². The van der Waals surface area contributed by atoms with Gasteiger partial charge in [-0.25, -0.2) is 0 Å². The van der Waals surface area contributed by atoms with Gasteiger partial charge in [0.15, 0.2) is 6.10 Å². The Labute approximate surface area is 179 Å². The fourth-order valence-corrected chi connectivity index (χ4v) is 3.80. The molecule has 0 saturated heterocycles. The van der Waals surface area contributed by atoms with Gasteiger partial charge in [0.1, 0.15) is 5.75 Å². The van der Waals surface area contributed by atoms with Crippen LogP contribution in [-0.2, 0) is 11.2 Å². The highest BCUT2D eigenvalue weighted by Crippen LogP contribution is 2.21. The van der Waals surface area contributed by atoms with E-state index in [1.54, 1.807) is 12.1 Å². The van der Waals surface area contributed by atoms with E-state index < -0.39 is 6.10 Å². The molecule has 3 rings (SSSR count). The molecule has 2 aromatic rings. The number of hydrogen-bond acceptors (Lipinski definition) is 3. The van der Waals surface area contributed by atoms with Crippen molar-refractivity contribution < 1.29 is 14.3 Å². The van der Waals surface area contributed by atoms with E-state index in [-0.39, 0.29) is 17.9 Å².